The molecule has 6 nitrogen and oxygen atoms in total. The Morgan fingerprint density at radius 3 is 2.48 bits per heavy atom. The summed E-state index contributed by atoms with van der Waals surface area (Å²) in [6, 6.07) is 4.45. The van der Waals surface area contributed by atoms with E-state index in [4.69, 9.17) is 0 Å². The third kappa shape index (κ3) is 4.85. The zero-order valence-corrected chi connectivity index (χ0v) is 11.7. The molecular weight excluding hydrogens is 306 g/mol. The highest BCUT2D eigenvalue weighted by Gasteiger charge is 2.28. The summed E-state index contributed by atoms with van der Waals surface area (Å²) in [5.74, 6) is -0.0167. The van der Waals surface area contributed by atoms with Gasteiger partial charge in [0, 0.05) is 11.7 Å². The van der Waals surface area contributed by atoms with E-state index < -0.39 is 28.5 Å². The summed E-state index contributed by atoms with van der Waals surface area (Å²) in [5.41, 5.74) is 0.384. The van der Waals surface area contributed by atoms with E-state index in [-0.39, 0.29) is 17.3 Å². The Labute approximate surface area is 120 Å². The van der Waals surface area contributed by atoms with Crippen molar-refractivity contribution in [3.05, 3.63) is 24.3 Å². The van der Waals surface area contributed by atoms with Crippen molar-refractivity contribution in [2.45, 2.75) is 19.1 Å². The number of carbonyl (C=O) groups is 1. The van der Waals surface area contributed by atoms with E-state index in [1.54, 1.807) is 0 Å². The monoisotopic (exact) mass is 320 g/mol. The maximum Gasteiger partial charge on any atom is 0.387 e. The van der Waals surface area contributed by atoms with Crippen molar-refractivity contribution in [1.82, 2.24) is 5.32 Å². The van der Waals surface area contributed by atoms with Crippen LogP contribution in [0.5, 0.6) is 5.75 Å². The number of rotatable bonds is 4. The first kappa shape index (κ1) is 15.5. The molecule has 0 spiro atoms. The summed E-state index contributed by atoms with van der Waals surface area (Å²) < 4.78 is 50.6. The number of amides is 2. The number of benzene rings is 1. The van der Waals surface area contributed by atoms with Crippen LogP contribution in [0.3, 0.4) is 0 Å². The molecule has 21 heavy (non-hydrogen) atoms. The third-order valence-corrected chi connectivity index (χ3v) is 4.67. The van der Waals surface area contributed by atoms with Gasteiger partial charge in [-0.2, -0.15) is 8.78 Å². The van der Waals surface area contributed by atoms with Crippen molar-refractivity contribution in [3.8, 4) is 5.75 Å². The van der Waals surface area contributed by atoms with Crippen molar-refractivity contribution in [3.63, 3.8) is 0 Å². The Kier molecular flexibility index (Phi) is 4.61. The molecule has 1 unspecified atom stereocenters. The predicted octanol–water partition coefficient (Wildman–Crippen LogP) is 1.60. The van der Waals surface area contributed by atoms with Crippen LogP contribution in [0.25, 0.3) is 0 Å². The number of carbonyl (C=O) groups excluding carboxylic acids is 1. The van der Waals surface area contributed by atoms with E-state index in [0.29, 0.717) is 12.1 Å². The van der Waals surface area contributed by atoms with Gasteiger partial charge in [-0.1, -0.05) is 0 Å². The molecule has 0 bridgehead atoms. The molecule has 2 rings (SSSR count). The molecule has 1 aromatic rings. The third-order valence-electron chi connectivity index (χ3n) is 2.91. The molecule has 1 aromatic carbocycles. The summed E-state index contributed by atoms with van der Waals surface area (Å²) in [4.78, 5) is 11.7. The van der Waals surface area contributed by atoms with Gasteiger partial charge in [-0.15, -0.1) is 0 Å². The minimum absolute atomic E-state index is 0.0159. The van der Waals surface area contributed by atoms with Crippen LogP contribution in [0, 0.1) is 0 Å². The van der Waals surface area contributed by atoms with Crippen LogP contribution in [0.2, 0.25) is 0 Å². The molecule has 0 aliphatic carbocycles. The maximum absolute atomic E-state index is 12.0. The highest BCUT2D eigenvalue weighted by molar-refractivity contribution is 7.91. The number of hydrogen-bond acceptors (Lipinski definition) is 4. The average molecular weight is 320 g/mol. The second-order valence-corrected chi connectivity index (χ2v) is 6.83. The van der Waals surface area contributed by atoms with E-state index in [2.05, 4.69) is 15.4 Å². The van der Waals surface area contributed by atoms with Gasteiger partial charge in [-0.25, -0.2) is 13.2 Å². The molecule has 1 heterocycles. The Morgan fingerprint density at radius 2 is 1.95 bits per heavy atom. The van der Waals surface area contributed by atoms with Crippen molar-refractivity contribution in [2.24, 2.45) is 0 Å². The topological polar surface area (TPSA) is 84.5 Å². The lowest BCUT2D eigenvalue weighted by atomic mass is 10.3. The Morgan fingerprint density at radius 1 is 1.29 bits per heavy atom. The minimum Gasteiger partial charge on any atom is -0.435 e. The number of alkyl halides is 2. The fourth-order valence-corrected chi connectivity index (χ4v) is 3.65. The van der Waals surface area contributed by atoms with E-state index in [1.807, 2.05) is 0 Å². The van der Waals surface area contributed by atoms with Gasteiger partial charge in [0.2, 0.25) is 0 Å². The van der Waals surface area contributed by atoms with Crippen LogP contribution >= 0.6 is 0 Å². The quantitative estimate of drug-likeness (QED) is 0.882. The van der Waals surface area contributed by atoms with E-state index in [0.717, 1.165) is 0 Å². The van der Waals surface area contributed by atoms with Crippen LogP contribution in [-0.4, -0.2) is 38.6 Å². The molecule has 1 fully saturated rings. The predicted molar refractivity (Wildman–Crippen MR) is 72.3 cm³/mol. The Balaban J connectivity index is 1.85. The van der Waals surface area contributed by atoms with Crippen LogP contribution < -0.4 is 15.4 Å². The first-order valence-electron chi connectivity index (χ1n) is 6.17. The number of urea groups is 1. The molecule has 116 valence electrons. The first-order valence-corrected chi connectivity index (χ1v) is 7.99. The van der Waals surface area contributed by atoms with Gasteiger partial charge in [0.15, 0.2) is 9.84 Å². The first-order chi connectivity index (χ1) is 9.84. The summed E-state index contributed by atoms with van der Waals surface area (Å²) >= 11 is 0. The van der Waals surface area contributed by atoms with Gasteiger partial charge in [-0.3, -0.25) is 0 Å². The van der Waals surface area contributed by atoms with Crippen LogP contribution in [0.4, 0.5) is 19.3 Å². The number of nitrogens with one attached hydrogen (secondary N) is 2. The number of halogens is 2. The van der Waals surface area contributed by atoms with Gasteiger partial charge in [0.05, 0.1) is 11.5 Å². The van der Waals surface area contributed by atoms with Gasteiger partial charge in [0.25, 0.3) is 0 Å². The van der Waals surface area contributed by atoms with Gasteiger partial charge in [-0.05, 0) is 30.7 Å². The normalized spacial score (nSPS) is 20.2. The highest BCUT2D eigenvalue weighted by atomic mass is 32.2. The molecule has 0 radical (unpaired) electrons. The van der Waals surface area contributed by atoms with Crippen molar-refractivity contribution in [2.75, 3.05) is 16.8 Å². The van der Waals surface area contributed by atoms with E-state index in [1.165, 1.54) is 24.3 Å². The van der Waals surface area contributed by atoms with Crippen LogP contribution in [0.15, 0.2) is 24.3 Å². The van der Waals surface area contributed by atoms with Crippen molar-refractivity contribution < 1.29 is 26.7 Å². The average Bonchev–Trinajstić information content (AvgIpc) is 2.70. The number of ether oxygens (including phenoxy) is 1. The second-order valence-electron chi connectivity index (χ2n) is 4.60. The van der Waals surface area contributed by atoms with Crippen molar-refractivity contribution in [1.29, 1.82) is 0 Å². The Bertz CT molecular complexity index is 604. The Hall–Kier alpha value is -1.90. The zero-order valence-electron chi connectivity index (χ0n) is 10.9. The van der Waals surface area contributed by atoms with E-state index in [9.17, 15) is 22.0 Å². The molecule has 2 amide bonds. The largest absolute Gasteiger partial charge is 0.435 e. The van der Waals surface area contributed by atoms with Gasteiger partial charge in [0.1, 0.15) is 5.75 Å². The summed E-state index contributed by atoms with van der Waals surface area (Å²) in [7, 11) is -3.06. The molecule has 1 atom stereocenters. The van der Waals surface area contributed by atoms with Crippen LogP contribution in [-0.2, 0) is 9.84 Å². The molecule has 0 saturated carbocycles. The number of hydrogen-bond donors (Lipinski definition) is 2. The SMILES string of the molecule is O=C(Nc1ccc(OC(F)F)cc1)NC1CCS(=O)(=O)C1. The van der Waals surface area contributed by atoms with Crippen LogP contribution in [0.1, 0.15) is 6.42 Å². The number of sulfone groups is 1. The van der Waals surface area contributed by atoms with Gasteiger partial charge < -0.3 is 15.4 Å². The minimum atomic E-state index is -3.06. The molecule has 9 heteroatoms. The lowest BCUT2D eigenvalue weighted by Crippen LogP contribution is -2.38. The summed E-state index contributed by atoms with van der Waals surface area (Å²) in [6.45, 7) is -2.91. The molecule has 0 aromatic heterocycles. The van der Waals surface area contributed by atoms with Gasteiger partial charge >= 0.3 is 12.6 Å². The summed E-state index contributed by atoms with van der Waals surface area (Å²) in [5, 5.41) is 5.04. The fourth-order valence-electron chi connectivity index (χ4n) is 1.98. The standard InChI is InChI=1S/C12H14F2N2O4S/c13-11(14)20-10-3-1-8(2-4-10)15-12(17)16-9-5-6-21(18,19)7-9/h1-4,9,11H,5-7H2,(H2,15,16,17). The molecule has 2 N–H and O–H groups in total. The lowest BCUT2D eigenvalue weighted by molar-refractivity contribution is -0.0498. The van der Waals surface area contributed by atoms with Crippen molar-refractivity contribution >= 4 is 21.6 Å². The smallest absolute Gasteiger partial charge is 0.387 e. The maximum atomic E-state index is 12.0. The molecular formula is C12H14F2N2O4S. The fraction of sp³-hybridized carbons (Fsp3) is 0.417. The summed E-state index contributed by atoms with van der Waals surface area (Å²) in [6.07, 6.45) is 0.386. The van der Waals surface area contributed by atoms with E-state index >= 15 is 0 Å². The molecule has 1 aliphatic heterocycles. The highest BCUT2D eigenvalue weighted by Crippen LogP contribution is 2.18. The number of anilines is 1. The molecule has 1 saturated heterocycles. The second kappa shape index (κ2) is 6.25. The zero-order chi connectivity index (χ0) is 15.5. The lowest BCUT2D eigenvalue weighted by Gasteiger charge is -2.12. The molecule has 1 aliphatic rings.